The SMILES string of the molecule is O=c1nc(Nc2ccc(-c3ccon3)cc2)n(Cc2ccc(Cl)cc2)c(=O)n1CCO. The Kier molecular flexibility index (Phi) is 5.96. The van der Waals surface area contributed by atoms with E-state index in [1.807, 2.05) is 12.1 Å². The van der Waals surface area contributed by atoms with E-state index in [4.69, 9.17) is 16.1 Å². The van der Waals surface area contributed by atoms with Gasteiger partial charge in [-0.2, -0.15) is 4.98 Å². The van der Waals surface area contributed by atoms with E-state index >= 15 is 0 Å². The number of hydrogen-bond acceptors (Lipinski definition) is 7. The van der Waals surface area contributed by atoms with Gasteiger partial charge < -0.3 is 14.9 Å². The van der Waals surface area contributed by atoms with Crippen molar-refractivity contribution in [2.75, 3.05) is 11.9 Å². The summed E-state index contributed by atoms with van der Waals surface area (Å²) in [5, 5.41) is 16.7. The molecule has 0 bridgehead atoms. The van der Waals surface area contributed by atoms with Gasteiger partial charge in [-0.3, -0.25) is 4.57 Å². The number of hydrogen-bond donors (Lipinski definition) is 2. The Morgan fingerprint density at radius 3 is 2.39 bits per heavy atom. The van der Waals surface area contributed by atoms with Gasteiger partial charge in [0.2, 0.25) is 5.95 Å². The fourth-order valence-corrected chi connectivity index (χ4v) is 3.17. The Labute approximate surface area is 181 Å². The number of nitrogens with zero attached hydrogens (tertiary/aromatic N) is 4. The van der Waals surface area contributed by atoms with Crippen LogP contribution in [0.15, 0.2) is 75.0 Å². The lowest BCUT2D eigenvalue weighted by atomic mass is 10.1. The zero-order valence-electron chi connectivity index (χ0n) is 16.2. The van der Waals surface area contributed by atoms with Crippen molar-refractivity contribution in [3.05, 3.63) is 92.4 Å². The number of anilines is 2. The van der Waals surface area contributed by atoms with Gasteiger partial charge in [0, 0.05) is 22.3 Å². The summed E-state index contributed by atoms with van der Waals surface area (Å²) in [7, 11) is 0. The minimum absolute atomic E-state index is 0.0910. The molecule has 2 aromatic carbocycles. The number of aromatic nitrogens is 4. The van der Waals surface area contributed by atoms with Crippen LogP contribution in [0.2, 0.25) is 5.02 Å². The third-order valence-corrected chi connectivity index (χ3v) is 4.85. The highest BCUT2D eigenvalue weighted by Gasteiger charge is 2.14. The molecule has 0 aliphatic rings. The number of rotatable bonds is 7. The van der Waals surface area contributed by atoms with Gasteiger partial charge in [-0.25, -0.2) is 14.2 Å². The van der Waals surface area contributed by atoms with Crippen molar-refractivity contribution in [3.63, 3.8) is 0 Å². The Hall–Kier alpha value is -3.69. The van der Waals surface area contributed by atoms with Gasteiger partial charge in [0.05, 0.1) is 19.7 Å². The molecule has 2 aromatic heterocycles. The molecule has 0 aliphatic carbocycles. The Balaban J connectivity index is 1.71. The fourth-order valence-electron chi connectivity index (χ4n) is 3.05. The first-order valence-corrected chi connectivity index (χ1v) is 9.78. The number of aliphatic hydroxyl groups excluding tert-OH is 1. The van der Waals surface area contributed by atoms with Crippen molar-refractivity contribution in [3.8, 4) is 11.3 Å². The lowest BCUT2D eigenvalue weighted by molar-refractivity contribution is 0.268. The largest absolute Gasteiger partial charge is 0.395 e. The maximum absolute atomic E-state index is 13.0. The summed E-state index contributed by atoms with van der Waals surface area (Å²) < 4.78 is 7.09. The first-order valence-electron chi connectivity index (χ1n) is 9.40. The Morgan fingerprint density at radius 2 is 1.74 bits per heavy atom. The van der Waals surface area contributed by atoms with Gasteiger partial charge in [0.1, 0.15) is 12.0 Å². The van der Waals surface area contributed by atoms with Crippen LogP contribution in [-0.2, 0) is 13.1 Å². The van der Waals surface area contributed by atoms with Crippen LogP contribution >= 0.6 is 11.6 Å². The van der Waals surface area contributed by atoms with Crippen molar-refractivity contribution < 1.29 is 9.63 Å². The first-order chi connectivity index (χ1) is 15.0. The zero-order valence-corrected chi connectivity index (χ0v) is 17.0. The summed E-state index contributed by atoms with van der Waals surface area (Å²) in [5.41, 5.74) is 1.65. The fraction of sp³-hybridized carbons (Fsp3) is 0.143. The molecule has 10 heteroatoms. The molecule has 9 nitrogen and oxygen atoms in total. The predicted octanol–water partition coefficient (Wildman–Crippen LogP) is 2.50. The molecule has 0 unspecified atom stereocenters. The van der Waals surface area contributed by atoms with E-state index in [1.54, 1.807) is 42.5 Å². The molecular weight excluding hydrogens is 422 g/mol. The molecular formula is C21H18ClN5O4. The number of nitrogens with one attached hydrogen (secondary N) is 1. The van der Waals surface area contributed by atoms with Crippen molar-refractivity contribution in [1.29, 1.82) is 0 Å². The van der Waals surface area contributed by atoms with Crippen LogP contribution in [0.3, 0.4) is 0 Å². The maximum atomic E-state index is 13.0. The molecule has 2 heterocycles. The number of halogens is 1. The summed E-state index contributed by atoms with van der Waals surface area (Å²) in [6, 6.07) is 16.0. The molecule has 2 N–H and O–H groups in total. The van der Waals surface area contributed by atoms with Gasteiger partial charge in [-0.05, 0) is 29.8 Å². The molecule has 0 saturated heterocycles. The topological polar surface area (TPSA) is 115 Å². The van der Waals surface area contributed by atoms with Crippen molar-refractivity contribution in [1.82, 2.24) is 19.3 Å². The lowest BCUT2D eigenvalue weighted by Gasteiger charge is -2.15. The van der Waals surface area contributed by atoms with Gasteiger partial charge in [-0.1, -0.05) is 41.0 Å². The predicted molar refractivity (Wildman–Crippen MR) is 116 cm³/mol. The summed E-state index contributed by atoms with van der Waals surface area (Å²) in [5.74, 6) is 0.0910. The van der Waals surface area contributed by atoms with E-state index in [0.717, 1.165) is 15.7 Å². The standard InChI is InChI=1S/C21H18ClN5O4/c22-16-5-1-14(2-6-16)13-27-19(24-20(29)26(10-11-28)21(27)30)23-17-7-3-15(4-8-17)18-9-12-31-25-18/h1-9,12,28H,10-11,13H2,(H,23,24,29). The highest BCUT2D eigenvalue weighted by Crippen LogP contribution is 2.21. The first kappa shape index (κ1) is 20.6. The molecule has 0 spiro atoms. The second-order valence-corrected chi connectivity index (χ2v) is 7.11. The average Bonchev–Trinajstić information content (AvgIpc) is 3.31. The molecule has 0 fully saturated rings. The third-order valence-electron chi connectivity index (χ3n) is 4.60. The molecule has 0 amide bonds. The average molecular weight is 440 g/mol. The second-order valence-electron chi connectivity index (χ2n) is 6.68. The summed E-state index contributed by atoms with van der Waals surface area (Å²) in [6.07, 6.45) is 1.49. The van der Waals surface area contributed by atoms with Crippen LogP contribution < -0.4 is 16.7 Å². The van der Waals surface area contributed by atoms with Crippen molar-refractivity contribution in [2.24, 2.45) is 0 Å². The van der Waals surface area contributed by atoms with Crippen molar-refractivity contribution in [2.45, 2.75) is 13.1 Å². The third kappa shape index (κ3) is 4.57. The highest BCUT2D eigenvalue weighted by atomic mass is 35.5. The Morgan fingerprint density at radius 1 is 1.00 bits per heavy atom. The number of aliphatic hydroxyl groups is 1. The number of benzene rings is 2. The van der Waals surface area contributed by atoms with Crippen LogP contribution in [0, 0.1) is 0 Å². The molecule has 0 saturated carbocycles. The smallest absolute Gasteiger partial charge is 0.355 e. The molecule has 31 heavy (non-hydrogen) atoms. The van der Waals surface area contributed by atoms with Gasteiger partial charge in [0.15, 0.2) is 0 Å². The van der Waals surface area contributed by atoms with Gasteiger partial charge in [-0.15, -0.1) is 0 Å². The highest BCUT2D eigenvalue weighted by molar-refractivity contribution is 6.30. The monoisotopic (exact) mass is 439 g/mol. The van der Waals surface area contributed by atoms with E-state index in [0.29, 0.717) is 16.4 Å². The van der Waals surface area contributed by atoms with Crippen LogP contribution in [0.5, 0.6) is 0 Å². The van der Waals surface area contributed by atoms with Crippen LogP contribution in [0.4, 0.5) is 11.6 Å². The second kappa shape index (κ2) is 8.99. The van der Waals surface area contributed by atoms with Crippen LogP contribution in [-0.4, -0.2) is 31.0 Å². The molecule has 0 aliphatic heterocycles. The van der Waals surface area contributed by atoms with E-state index in [-0.39, 0.29) is 25.6 Å². The van der Waals surface area contributed by atoms with Gasteiger partial charge >= 0.3 is 11.4 Å². The van der Waals surface area contributed by atoms with Crippen molar-refractivity contribution >= 4 is 23.2 Å². The lowest BCUT2D eigenvalue weighted by Crippen LogP contribution is -2.43. The summed E-state index contributed by atoms with van der Waals surface area (Å²) in [6.45, 7) is -0.333. The normalized spacial score (nSPS) is 10.9. The van der Waals surface area contributed by atoms with E-state index in [2.05, 4.69) is 15.5 Å². The quantitative estimate of drug-likeness (QED) is 0.454. The molecule has 4 aromatic rings. The molecule has 158 valence electrons. The minimum atomic E-state index is -0.742. The molecule has 0 radical (unpaired) electrons. The van der Waals surface area contributed by atoms with E-state index < -0.39 is 11.4 Å². The Bertz CT molecular complexity index is 1280. The van der Waals surface area contributed by atoms with Gasteiger partial charge in [0.25, 0.3) is 0 Å². The minimum Gasteiger partial charge on any atom is -0.395 e. The zero-order chi connectivity index (χ0) is 21.8. The molecule has 0 atom stereocenters. The van der Waals surface area contributed by atoms with Crippen LogP contribution in [0.1, 0.15) is 5.56 Å². The van der Waals surface area contributed by atoms with E-state index in [9.17, 15) is 14.7 Å². The maximum Gasteiger partial charge on any atom is 0.355 e. The molecule has 4 rings (SSSR count). The summed E-state index contributed by atoms with van der Waals surface area (Å²) in [4.78, 5) is 29.3. The summed E-state index contributed by atoms with van der Waals surface area (Å²) >= 11 is 5.94. The van der Waals surface area contributed by atoms with E-state index in [1.165, 1.54) is 10.8 Å². The van der Waals surface area contributed by atoms with Crippen LogP contribution in [0.25, 0.3) is 11.3 Å².